The highest BCUT2D eigenvalue weighted by Crippen LogP contribution is 2.35. The number of aromatic nitrogens is 1. The Balaban J connectivity index is 1.37. The minimum absolute atomic E-state index is 0.140. The average molecular weight is 527 g/mol. The molecule has 1 aliphatic heterocycles. The molecule has 2 heterocycles. The molecule has 0 atom stereocenters. The standard InChI is InChI=1S/C29H22N2O4S2/c1-35-25-13-8-19(16-22(25)24-12-11-20-4-2-3-5-23(20)30-24)17-26-27(32)31(29(36)37-26)15-14-18-6-9-21(10-7-18)28(33)34/h2-13,16-17H,14-15H2,1H3,(H,33,34)/b26-17-. The molecule has 6 nitrogen and oxygen atoms in total. The summed E-state index contributed by atoms with van der Waals surface area (Å²) in [6, 6.07) is 24.3. The summed E-state index contributed by atoms with van der Waals surface area (Å²) in [4.78, 5) is 31.1. The van der Waals surface area contributed by atoms with Crippen molar-refractivity contribution in [3.63, 3.8) is 0 Å². The average Bonchev–Trinajstić information content (AvgIpc) is 3.18. The molecular formula is C29H22N2O4S2. The molecule has 37 heavy (non-hydrogen) atoms. The lowest BCUT2D eigenvalue weighted by Gasteiger charge is -2.14. The zero-order valence-electron chi connectivity index (χ0n) is 19.9. The number of carboxylic acids is 1. The molecule has 0 spiro atoms. The molecule has 0 unspecified atom stereocenters. The van der Waals surface area contributed by atoms with Crippen molar-refractivity contribution in [1.29, 1.82) is 0 Å². The van der Waals surface area contributed by atoms with Crippen LogP contribution < -0.4 is 4.74 Å². The Hall–Kier alpha value is -4.01. The molecule has 5 rings (SSSR count). The molecule has 1 N–H and O–H groups in total. The predicted molar refractivity (Wildman–Crippen MR) is 151 cm³/mol. The van der Waals surface area contributed by atoms with Gasteiger partial charge in [-0.2, -0.15) is 0 Å². The van der Waals surface area contributed by atoms with Gasteiger partial charge in [0.25, 0.3) is 5.91 Å². The number of carbonyl (C=O) groups is 2. The number of fused-ring (bicyclic) bond motifs is 1. The summed E-state index contributed by atoms with van der Waals surface area (Å²) >= 11 is 6.76. The first-order chi connectivity index (χ1) is 17.9. The van der Waals surface area contributed by atoms with Crippen molar-refractivity contribution in [1.82, 2.24) is 9.88 Å². The Labute approximate surface area is 223 Å². The molecule has 0 radical (unpaired) electrons. The molecule has 1 fully saturated rings. The van der Waals surface area contributed by atoms with Crippen LogP contribution in [-0.4, -0.2) is 44.8 Å². The Bertz CT molecular complexity index is 1560. The number of carbonyl (C=O) groups excluding carboxylic acids is 1. The maximum atomic E-state index is 13.1. The molecule has 184 valence electrons. The lowest BCUT2D eigenvalue weighted by molar-refractivity contribution is -0.122. The largest absolute Gasteiger partial charge is 0.496 e. The van der Waals surface area contributed by atoms with Crippen molar-refractivity contribution in [3.05, 3.63) is 100 Å². The molecule has 3 aromatic carbocycles. The van der Waals surface area contributed by atoms with Crippen LogP contribution in [0.2, 0.25) is 0 Å². The van der Waals surface area contributed by atoms with Crippen LogP contribution in [-0.2, 0) is 11.2 Å². The molecule has 0 saturated carbocycles. The van der Waals surface area contributed by atoms with Crippen LogP contribution in [0.5, 0.6) is 5.75 Å². The van der Waals surface area contributed by atoms with Crippen LogP contribution in [0.1, 0.15) is 21.5 Å². The number of amides is 1. The van der Waals surface area contributed by atoms with Crippen molar-refractivity contribution in [3.8, 4) is 17.0 Å². The number of thioether (sulfide) groups is 1. The van der Waals surface area contributed by atoms with Crippen LogP contribution in [0.15, 0.2) is 83.8 Å². The van der Waals surface area contributed by atoms with Gasteiger partial charge in [-0.3, -0.25) is 9.69 Å². The van der Waals surface area contributed by atoms with Crippen LogP contribution in [0, 0.1) is 0 Å². The summed E-state index contributed by atoms with van der Waals surface area (Å²) in [6.45, 7) is 0.420. The number of pyridine rings is 1. The normalized spacial score (nSPS) is 14.5. The minimum atomic E-state index is -0.966. The second kappa shape index (κ2) is 10.5. The monoisotopic (exact) mass is 526 g/mol. The van der Waals surface area contributed by atoms with E-state index < -0.39 is 5.97 Å². The molecule has 1 aliphatic rings. The van der Waals surface area contributed by atoms with Gasteiger partial charge < -0.3 is 9.84 Å². The molecule has 0 aliphatic carbocycles. The van der Waals surface area contributed by atoms with Crippen LogP contribution >= 0.6 is 24.0 Å². The van der Waals surface area contributed by atoms with E-state index in [1.807, 2.05) is 60.7 Å². The molecule has 1 saturated heterocycles. The number of hydrogen-bond acceptors (Lipinski definition) is 6. The highest BCUT2D eigenvalue weighted by atomic mass is 32.2. The van der Waals surface area contributed by atoms with Crippen molar-refractivity contribution in [2.75, 3.05) is 13.7 Å². The maximum absolute atomic E-state index is 13.1. The third-order valence-electron chi connectivity index (χ3n) is 6.09. The molecule has 0 bridgehead atoms. The minimum Gasteiger partial charge on any atom is -0.496 e. The van der Waals surface area contributed by atoms with E-state index in [2.05, 4.69) is 0 Å². The van der Waals surface area contributed by atoms with Gasteiger partial charge in [0.15, 0.2) is 0 Å². The summed E-state index contributed by atoms with van der Waals surface area (Å²) in [5, 5.41) is 10.1. The summed E-state index contributed by atoms with van der Waals surface area (Å²) < 4.78 is 6.10. The van der Waals surface area contributed by atoms with Gasteiger partial charge in [0.05, 0.1) is 28.8 Å². The lowest BCUT2D eigenvalue weighted by Crippen LogP contribution is -2.30. The first kappa shape index (κ1) is 24.7. The Kier molecular flexibility index (Phi) is 7.03. The van der Waals surface area contributed by atoms with Gasteiger partial charge in [-0.25, -0.2) is 9.78 Å². The van der Waals surface area contributed by atoms with E-state index in [0.717, 1.165) is 33.3 Å². The van der Waals surface area contributed by atoms with Crippen molar-refractivity contribution in [2.45, 2.75) is 6.42 Å². The summed E-state index contributed by atoms with van der Waals surface area (Å²) in [5.74, 6) is -0.411. The Morgan fingerprint density at radius 2 is 1.86 bits per heavy atom. The maximum Gasteiger partial charge on any atom is 0.335 e. The second-order valence-corrected chi connectivity index (χ2v) is 10.1. The van der Waals surface area contributed by atoms with Gasteiger partial charge in [0, 0.05) is 17.5 Å². The number of rotatable bonds is 7. The zero-order valence-corrected chi connectivity index (χ0v) is 21.5. The number of benzene rings is 3. The molecule has 8 heteroatoms. The Morgan fingerprint density at radius 1 is 1.08 bits per heavy atom. The van der Waals surface area contributed by atoms with E-state index in [1.165, 1.54) is 11.8 Å². The zero-order chi connectivity index (χ0) is 25.9. The topological polar surface area (TPSA) is 79.7 Å². The van der Waals surface area contributed by atoms with Gasteiger partial charge in [-0.15, -0.1) is 0 Å². The number of carboxylic acid groups (broad SMARTS) is 1. The van der Waals surface area contributed by atoms with Crippen molar-refractivity contribution < 1.29 is 19.4 Å². The second-order valence-electron chi connectivity index (χ2n) is 8.43. The summed E-state index contributed by atoms with van der Waals surface area (Å²) in [5.41, 5.74) is 4.52. The Morgan fingerprint density at radius 3 is 2.62 bits per heavy atom. The number of aromatic carboxylic acids is 1. The van der Waals surface area contributed by atoms with Crippen LogP contribution in [0.25, 0.3) is 28.2 Å². The number of para-hydroxylation sites is 1. The lowest BCUT2D eigenvalue weighted by atomic mass is 10.0. The fourth-order valence-electron chi connectivity index (χ4n) is 4.13. The van der Waals surface area contributed by atoms with Gasteiger partial charge in [-0.05, 0) is 60.0 Å². The van der Waals surface area contributed by atoms with E-state index >= 15 is 0 Å². The molecule has 1 aromatic heterocycles. The number of nitrogens with zero attached hydrogens (tertiary/aromatic N) is 2. The van der Waals surface area contributed by atoms with Gasteiger partial charge in [-0.1, -0.05) is 66.4 Å². The SMILES string of the molecule is COc1ccc(/C=C2\SC(=S)N(CCc3ccc(C(=O)O)cc3)C2=O)cc1-c1ccc2ccccc2n1. The summed E-state index contributed by atoms with van der Waals surface area (Å²) in [6.07, 6.45) is 2.41. The van der Waals surface area contributed by atoms with Gasteiger partial charge >= 0.3 is 5.97 Å². The van der Waals surface area contributed by atoms with E-state index in [0.29, 0.717) is 27.9 Å². The fraction of sp³-hybridized carbons (Fsp3) is 0.103. The fourth-order valence-corrected chi connectivity index (χ4v) is 5.44. The van der Waals surface area contributed by atoms with E-state index in [-0.39, 0.29) is 11.5 Å². The van der Waals surface area contributed by atoms with E-state index in [4.69, 9.17) is 27.0 Å². The third kappa shape index (κ3) is 5.26. The van der Waals surface area contributed by atoms with E-state index in [1.54, 1.807) is 36.3 Å². The predicted octanol–water partition coefficient (Wildman–Crippen LogP) is 6.05. The van der Waals surface area contributed by atoms with Crippen LogP contribution in [0.4, 0.5) is 0 Å². The first-order valence-corrected chi connectivity index (χ1v) is 12.8. The highest BCUT2D eigenvalue weighted by molar-refractivity contribution is 8.26. The third-order valence-corrected chi connectivity index (χ3v) is 7.47. The first-order valence-electron chi connectivity index (χ1n) is 11.5. The quantitative estimate of drug-likeness (QED) is 0.232. The van der Waals surface area contributed by atoms with E-state index in [9.17, 15) is 9.59 Å². The van der Waals surface area contributed by atoms with Crippen molar-refractivity contribution in [2.24, 2.45) is 0 Å². The number of thiocarbonyl (C=S) groups is 1. The molecule has 1 amide bonds. The highest BCUT2D eigenvalue weighted by Gasteiger charge is 2.31. The van der Waals surface area contributed by atoms with Crippen molar-refractivity contribution >= 4 is 57.2 Å². The van der Waals surface area contributed by atoms with Gasteiger partial charge in [0.1, 0.15) is 10.1 Å². The number of methoxy groups -OCH3 is 1. The number of ether oxygens (including phenoxy) is 1. The van der Waals surface area contributed by atoms with Crippen LogP contribution in [0.3, 0.4) is 0 Å². The summed E-state index contributed by atoms with van der Waals surface area (Å²) in [7, 11) is 1.62. The molecule has 4 aromatic rings. The smallest absolute Gasteiger partial charge is 0.335 e. The van der Waals surface area contributed by atoms with Gasteiger partial charge in [0.2, 0.25) is 0 Å². The number of hydrogen-bond donors (Lipinski definition) is 1. The molecular weight excluding hydrogens is 504 g/mol.